The van der Waals surface area contributed by atoms with Crippen molar-refractivity contribution in [3.63, 3.8) is 0 Å². The molecule has 44 heavy (non-hydrogen) atoms. The van der Waals surface area contributed by atoms with Crippen LogP contribution in [0.1, 0.15) is 33.9 Å². The van der Waals surface area contributed by atoms with Crippen molar-refractivity contribution >= 4 is 0 Å². The highest BCUT2D eigenvalue weighted by atomic mass is 15.1. The molecule has 0 spiro atoms. The van der Waals surface area contributed by atoms with E-state index in [2.05, 4.69) is 117 Å². The van der Waals surface area contributed by atoms with Gasteiger partial charge in [0, 0.05) is 51.7 Å². The summed E-state index contributed by atoms with van der Waals surface area (Å²) < 4.78 is 0. The van der Waals surface area contributed by atoms with E-state index in [4.69, 9.17) is 9.97 Å². The average Bonchev–Trinajstić information content (AvgIpc) is 3.07. The molecule has 4 heterocycles. The van der Waals surface area contributed by atoms with Gasteiger partial charge in [-0.05, 0) is 59.7 Å². The second-order valence-electron chi connectivity index (χ2n) is 10.9. The first-order chi connectivity index (χ1) is 21.8. The smallest absolute Gasteiger partial charge is 0.0890 e. The molecule has 0 aliphatic rings. The van der Waals surface area contributed by atoms with Gasteiger partial charge in [0.1, 0.15) is 0 Å². The lowest BCUT2D eigenvalue weighted by molar-refractivity contribution is 0.241. The molecule has 0 radical (unpaired) electrons. The van der Waals surface area contributed by atoms with Gasteiger partial charge in [-0.15, -0.1) is 0 Å². The molecule has 0 unspecified atom stereocenters. The molecule has 0 bridgehead atoms. The van der Waals surface area contributed by atoms with E-state index in [1.807, 2.05) is 48.8 Å². The average molecular weight is 577 g/mol. The topological polar surface area (TPSA) is 58.0 Å². The number of hydrogen-bond acceptors (Lipinski definition) is 6. The minimum atomic E-state index is 0.702. The van der Waals surface area contributed by atoms with Gasteiger partial charge in [-0.3, -0.25) is 19.8 Å². The highest BCUT2D eigenvalue weighted by Gasteiger charge is 2.14. The fraction of sp³-hybridized carbons (Fsp3) is 0.158. The highest BCUT2D eigenvalue weighted by Crippen LogP contribution is 2.20. The Hall–Kier alpha value is -5.04. The Morgan fingerprint density at radius 2 is 0.727 bits per heavy atom. The largest absolute Gasteiger partial charge is 0.287 e. The third-order valence-corrected chi connectivity index (χ3v) is 7.37. The van der Waals surface area contributed by atoms with E-state index in [0.717, 1.165) is 60.3 Å². The van der Waals surface area contributed by atoms with Crippen LogP contribution >= 0.6 is 0 Å². The molecule has 0 fully saturated rings. The van der Waals surface area contributed by atoms with Crippen LogP contribution in [0.25, 0.3) is 11.4 Å². The molecule has 6 nitrogen and oxygen atoms in total. The Morgan fingerprint density at radius 1 is 0.341 bits per heavy atom. The minimum Gasteiger partial charge on any atom is -0.287 e. The van der Waals surface area contributed by atoms with Crippen LogP contribution in [0.2, 0.25) is 0 Å². The van der Waals surface area contributed by atoms with E-state index in [1.165, 1.54) is 11.1 Å². The van der Waals surface area contributed by atoms with Crippen molar-refractivity contribution in [3.05, 3.63) is 180 Å². The minimum absolute atomic E-state index is 0.702. The molecular formula is C38H36N6. The fourth-order valence-electron chi connectivity index (χ4n) is 5.34. The third kappa shape index (κ3) is 8.51. The van der Waals surface area contributed by atoms with Crippen LogP contribution in [-0.2, 0) is 39.3 Å². The van der Waals surface area contributed by atoms with E-state index in [1.54, 1.807) is 0 Å². The summed E-state index contributed by atoms with van der Waals surface area (Å²) in [4.78, 5) is 24.1. The molecule has 0 aliphatic carbocycles. The van der Waals surface area contributed by atoms with E-state index >= 15 is 0 Å². The maximum atomic E-state index is 5.07. The normalized spacial score (nSPS) is 11.2. The van der Waals surface area contributed by atoms with Crippen LogP contribution in [0.5, 0.6) is 0 Å². The van der Waals surface area contributed by atoms with Gasteiger partial charge in [0.25, 0.3) is 0 Å². The number of nitrogens with zero attached hydrogens (tertiary/aromatic N) is 6. The second-order valence-corrected chi connectivity index (χ2v) is 10.9. The second kappa shape index (κ2) is 14.9. The monoisotopic (exact) mass is 576 g/mol. The number of benzene rings is 2. The van der Waals surface area contributed by atoms with Crippen molar-refractivity contribution in [3.8, 4) is 11.4 Å². The summed E-state index contributed by atoms with van der Waals surface area (Å²) in [5.41, 5.74) is 8.37. The first-order valence-electron chi connectivity index (χ1n) is 15.0. The summed E-state index contributed by atoms with van der Waals surface area (Å²) in [5.74, 6) is 0. The molecule has 0 atom stereocenters. The molecule has 6 heteroatoms. The molecule has 0 saturated heterocycles. The SMILES string of the molecule is c1ccc(CN(Cc2ccccn2)Cc2cccc(-c3cccc(CN(Cc4ccccc4)Cc4ccccn4)n3)n2)cc1. The fourth-order valence-corrected chi connectivity index (χ4v) is 5.34. The molecule has 0 amide bonds. The Balaban J connectivity index is 1.20. The molecular weight excluding hydrogens is 540 g/mol. The Bertz CT molecular complexity index is 1500. The lowest BCUT2D eigenvalue weighted by Crippen LogP contribution is -2.24. The molecule has 0 N–H and O–H groups in total. The molecule has 2 aromatic carbocycles. The van der Waals surface area contributed by atoms with E-state index < -0.39 is 0 Å². The maximum Gasteiger partial charge on any atom is 0.0890 e. The molecule has 0 aliphatic heterocycles. The van der Waals surface area contributed by atoms with Crippen LogP contribution in [0, 0.1) is 0 Å². The van der Waals surface area contributed by atoms with Crippen LogP contribution in [-0.4, -0.2) is 29.7 Å². The summed E-state index contributed by atoms with van der Waals surface area (Å²) in [5, 5.41) is 0. The van der Waals surface area contributed by atoms with Gasteiger partial charge in [0.2, 0.25) is 0 Å². The summed E-state index contributed by atoms with van der Waals surface area (Å²) in [6, 6.07) is 45.7. The number of rotatable bonds is 13. The molecule has 218 valence electrons. The summed E-state index contributed by atoms with van der Waals surface area (Å²) in [6.45, 7) is 4.50. The van der Waals surface area contributed by atoms with Crippen molar-refractivity contribution in [2.24, 2.45) is 0 Å². The van der Waals surface area contributed by atoms with Crippen molar-refractivity contribution in [2.75, 3.05) is 0 Å². The zero-order valence-corrected chi connectivity index (χ0v) is 24.8. The first kappa shape index (κ1) is 29.1. The molecule has 6 aromatic rings. The van der Waals surface area contributed by atoms with E-state index in [-0.39, 0.29) is 0 Å². The van der Waals surface area contributed by atoms with Crippen molar-refractivity contribution in [2.45, 2.75) is 39.3 Å². The number of aromatic nitrogens is 4. The van der Waals surface area contributed by atoms with Crippen LogP contribution in [0.15, 0.2) is 146 Å². The van der Waals surface area contributed by atoms with Gasteiger partial charge >= 0.3 is 0 Å². The van der Waals surface area contributed by atoms with Crippen molar-refractivity contribution in [1.29, 1.82) is 0 Å². The Morgan fingerprint density at radius 3 is 1.14 bits per heavy atom. The number of hydrogen-bond donors (Lipinski definition) is 0. The lowest BCUT2D eigenvalue weighted by atomic mass is 10.1. The first-order valence-corrected chi connectivity index (χ1v) is 15.0. The Labute approximate surface area is 259 Å². The highest BCUT2D eigenvalue weighted by molar-refractivity contribution is 5.54. The van der Waals surface area contributed by atoms with Gasteiger partial charge in [-0.25, -0.2) is 9.97 Å². The number of pyridine rings is 4. The molecule has 4 aromatic heterocycles. The Kier molecular flexibility index (Phi) is 9.85. The van der Waals surface area contributed by atoms with E-state index in [9.17, 15) is 0 Å². The van der Waals surface area contributed by atoms with E-state index in [0.29, 0.717) is 13.1 Å². The van der Waals surface area contributed by atoms with Gasteiger partial charge in [-0.2, -0.15) is 0 Å². The maximum absolute atomic E-state index is 5.07. The summed E-state index contributed by atoms with van der Waals surface area (Å²) in [7, 11) is 0. The molecule has 6 rings (SSSR count). The van der Waals surface area contributed by atoms with Gasteiger partial charge in [-0.1, -0.05) is 84.9 Å². The van der Waals surface area contributed by atoms with Crippen molar-refractivity contribution in [1.82, 2.24) is 29.7 Å². The predicted octanol–water partition coefficient (Wildman–Crippen LogP) is 7.34. The standard InChI is InChI=1S/C38H36N6/c1-3-13-31(14-4-1)25-43(27-33-17-7-9-23-39-33)29-35-19-11-21-37(41-35)38-22-12-20-36(42-38)30-44(26-32-15-5-2-6-16-32)28-34-18-8-10-24-40-34/h1-24H,25-30H2. The van der Waals surface area contributed by atoms with Gasteiger partial charge in [0.15, 0.2) is 0 Å². The zero-order chi connectivity index (χ0) is 29.8. The van der Waals surface area contributed by atoms with Gasteiger partial charge < -0.3 is 0 Å². The van der Waals surface area contributed by atoms with Crippen LogP contribution in [0.3, 0.4) is 0 Å². The zero-order valence-electron chi connectivity index (χ0n) is 24.8. The summed E-state index contributed by atoms with van der Waals surface area (Å²) >= 11 is 0. The molecule has 0 saturated carbocycles. The lowest BCUT2D eigenvalue weighted by Gasteiger charge is -2.22. The van der Waals surface area contributed by atoms with Crippen LogP contribution < -0.4 is 0 Å². The third-order valence-electron chi connectivity index (χ3n) is 7.37. The van der Waals surface area contributed by atoms with Gasteiger partial charge in [0.05, 0.1) is 34.2 Å². The predicted molar refractivity (Wildman–Crippen MR) is 175 cm³/mol. The van der Waals surface area contributed by atoms with Crippen LogP contribution in [0.4, 0.5) is 0 Å². The quantitative estimate of drug-likeness (QED) is 0.143. The van der Waals surface area contributed by atoms with Crippen molar-refractivity contribution < 1.29 is 0 Å². The summed E-state index contributed by atoms with van der Waals surface area (Å²) in [6.07, 6.45) is 3.70.